The minimum absolute atomic E-state index is 0.459. The van der Waals surface area contributed by atoms with E-state index >= 15 is 0 Å². The summed E-state index contributed by atoms with van der Waals surface area (Å²) < 4.78 is 0. The Morgan fingerprint density at radius 1 is 1.30 bits per heavy atom. The highest BCUT2D eigenvalue weighted by molar-refractivity contribution is 6.43. The molecule has 0 unspecified atom stereocenters. The number of imidazole rings is 1. The maximum absolute atomic E-state index is 6.25. The van der Waals surface area contributed by atoms with Crippen molar-refractivity contribution < 1.29 is 0 Å². The molecule has 2 heterocycles. The zero-order chi connectivity index (χ0) is 14.3. The molecular weight excluding hydrogens is 293 g/mol. The molecule has 0 bridgehead atoms. The Morgan fingerprint density at radius 3 is 2.85 bits per heavy atom. The molecule has 104 valence electrons. The molecule has 1 aromatic heterocycles. The second kappa shape index (κ2) is 5.15. The average Bonchev–Trinajstić information content (AvgIpc) is 2.84. The fraction of sp³-hybridized carbons (Fsp3) is 0.267. The lowest BCUT2D eigenvalue weighted by Crippen LogP contribution is -2.26. The number of aromatic amines is 1. The first-order valence-corrected chi connectivity index (χ1v) is 7.29. The lowest BCUT2D eigenvalue weighted by molar-refractivity contribution is 0.298. The van der Waals surface area contributed by atoms with Crippen molar-refractivity contribution in [2.75, 3.05) is 0 Å². The van der Waals surface area contributed by atoms with Crippen LogP contribution in [-0.4, -0.2) is 20.9 Å². The van der Waals surface area contributed by atoms with Crippen LogP contribution in [0.1, 0.15) is 25.2 Å². The molecule has 0 amide bonds. The molecular formula is C15H15Cl2N3. The van der Waals surface area contributed by atoms with Gasteiger partial charge in [0, 0.05) is 17.8 Å². The Bertz CT molecular complexity index is 674. The summed E-state index contributed by atoms with van der Waals surface area (Å²) in [5.74, 6) is 0.762. The minimum atomic E-state index is 0.459. The number of H-pyrrole nitrogens is 1. The fourth-order valence-electron chi connectivity index (χ4n) is 2.25. The van der Waals surface area contributed by atoms with Gasteiger partial charge in [-0.25, -0.2) is 4.98 Å². The molecule has 5 heteroatoms. The maximum Gasteiger partial charge on any atom is 0.139 e. The van der Waals surface area contributed by atoms with E-state index < -0.39 is 0 Å². The zero-order valence-electron chi connectivity index (χ0n) is 11.3. The molecule has 2 aromatic rings. The van der Waals surface area contributed by atoms with Crippen LogP contribution in [0.15, 0.2) is 24.4 Å². The first-order valence-electron chi connectivity index (χ1n) is 6.53. The van der Waals surface area contributed by atoms with E-state index in [0.717, 1.165) is 29.3 Å². The monoisotopic (exact) mass is 307 g/mol. The fourth-order valence-corrected chi connectivity index (χ4v) is 2.64. The third-order valence-electron chi connectivity index (χ3n) is 3.45. The van der Waals surface area contributed by atoms with Crippen LogP contribution >= 0.6 is 23.2 Å². The number of nitrogens with one attached hydrogen (secondary N) is 1. The first-order chi connectivity index (χ1) is 9.56. The van der Waals surface area contributed by atoms with Gasteiger partial charge < -0.3 is 9.88 Å². The van der Waals surface area contributed by atoms with Gasteiger partial charge in [0.25, 0.3) is 0 Å². The molecule has 1 N–H and O–H groups in total. The molecule has 0 atom stereocenters. The second-order valence-electron chi connectivity index (χ2n) is 5.13. The number of fused-ring (bicyclic) bond motifs is 1. The number of hydrogen-bond donors (Lipinski definition) is 1. The van der Waals surface area contributed by atoms with E-state index in [1.807, 2.05) is 18.2 Å². The van der Waals surface area contributed by atoms with Gasteiger partial charge in [0.1, 0.15) is 5.82 Å². The number of halogens is 2. The van der Waals surface area contributed by atoms with Crippen molar-refractivity contribution >= 4 is 29.3 Å². The molecule has 0 radical (unpaired) electrons. The highest BCUT2D eigenvalue weighted by atomic mass is 35.5. The van der Waals surface area contributed by atoms with Crippen molar-refractivity contribution in [1.29, 1.82) is 0 Å². The van der Waals surface area contributed by atoms with E-state index in [0.29, 0.717) is 16.1 Å². The Labute approximate surface area is 128 Å². The SMILES string of the molecule is CC(C)N1C=Cc2nc(-c3cccc(Cl)c3Cl)[nH]c2C1. The number of hydrogen-bond acceptors (Lipinski definition) is 2. The Kier molecular flexibility index (Phi) is 3.48. The van der Waals surface area contributed by atoms with Crippen LogP contribution < -0.4 is 0 Å². The minimum Gasteiger partial charge on any atom is -0.369 e. The van der Waals surface area contributed by atoms with Crippen molar-refractivity contribution in [1.82, 2.24) is 14.9 Å². The molecule has 3 rings (SSSR count). The normalized spacial score (nSPS) is 13.9. The van der Waals surface area contributed by atoms with Crippen LogP contribution in [-0.2, 0) is 6.54 Å². The summed E-state index contributed by atoms with van der Waals surface area (Å²) in [7, 11) is 0. The van der Waals surface area contributed by atoms with Crippen LogP contribution in [0.2, 0.25) is 10.0 Å². The smallest absolute Gasteiger partial charge is 0.139 e. The van der Waals surface area contributed by atoms with Crippen LogP contribution in [0.4, 0.5) is 0 Å². The van der Waals surface area contributed by atoms with E-state index in [4.69, 9.17) is 23.2 Å². The first kappa shape index (κ1) is 13.5. The van der Waals surface area contributed by atoms with Gasteiger partial charge in [0.05, 0.1) is 28.0 Å². The zero-order valence-corrected chi connectivity index (χ0v) is 12.8. The van der Waals surface area contributed by atoms with Gasteiger partial charge in [-0.3, -0.25) is 0 Å². The Balaban J connectivity index is 2.00. The van der Waals surface area contributed by atoms with Crippen LogP contribution in [0.5, 0.6) is 0 Å². The van der Waals surface area contributed by atoms with Crippen molar-refractivity contribution in [2.24, 2.45) is 0 Å². The van der Waals surface area contributed by atoms with Gasteiger partial charge in [-0.05, 0) is 32.1 Å². The predicted octanol–water partition coefficient (Wildman–Crippen LogP) is 4.58. The number of rotatable bonds is 2. The van der Waals surface area contributed by atoms with Gasteiger partial charge in [0.2, 0.25) is 0 Å². The van der Waals surface area contributed by atoms with Gasteiger partial charge in [-0.2, -0.15) is 0 Å². The van der Waals surface area contributed by atoms with Gasteiger partial charge in [-0.1, -0.05) is 29.3 Å². The molecule has 0 saturated carbocycles. The molecule has 0 spiro atoms. The predicted molar refractivity (Wildman–Crippen MR) is 83.8 cm³/mol. The Morgan fingerprint density at radius 2 is 2.10 bits per heavy atom. The molecule has 0 aliphatic carbocycles. The number of benzene rings is 1. The van der Waals surface area contributed by atoms with Crippen molar-refractivity contribution in [3.8, 4) is 11.4 Å². The topological polar surface area (TPSA) is 31.9 Å². The summed E-state index contributed by atoms with van der Waals surface area (Å²) in [5, 5.41) is 1.07. The van der Waals surface area contributed by atoms with E-state index in [9.17, 15) is 0 Å². The lowest BCUT2D eigenvalue weighted by atomic mass is 10.2. The van der Waals surface area contributed by atoms with Gasteiger partial charge >= 0.3 is 0 Å². The van der Waals surface area contributed by atoms with E-state index in [-0.39, 0.29) is 0 Å². The van der Waals surface area contributed by atoms with Crippen molar-refractivity contribution in [3.63, 3.8) is 0 Å². The molecule has 1 aliphatic heterocycles. The van der Waals surface area contributed by atoms with Crippen LogP contribution in [0.25, 0.3) is 17.5 Å². The maximum atomic E-state index is 6.25. The van der Waals surface area contributed by atoms with E-state index in [1.165, 1.54) is 0 Å². The molecule has 3 nitrogen and oxygen atoms in total. The molecule has 1 aliphatic rings. The quantitative estimate of drug-likeness (QED) is 0.880. The third kappa shape index (κ3) is 2.32. The summed E-state index contributed by atoms with van der Waals surface area (Å²) in [4.78, 5) is 10.2. The molecule has 20 heavy (non-hydrogen) atoms. The summed E-state index contributed by atoms with van der Waals surface area (Å²) >= 11 is 12.3. The number of nitrogens with zero attached hydrogens (tertiary/aromatic N) is 2. The summed E-state index contributed by atoms with van der Waals surface area (Å²) in [6.07, 6.45) is 4.11. The summed E-state index contributed by atoms with van der Waals surface area (Å²) in [5.41, 5.74) is 2.90. The largest absolute Gasteiger partial charge is 0.369 e. The standard InChI is InChI=1S/C15H15Cl2N3/c1-9(2)20-7-6-12-13(8-20)19-15(18-12)10-4-3-5-11(16)14(10)17/h3-7,9H,8H2,1-2H3,(H,18,19). The van der Waals surface area contributed by atoms with Crippen molar-refractivity contribution in [2.45, 2.75) is 26.4 Å². The third-order valence-corrected chi connectivity index (χ3v) is 4.26. The van der Waals surface area contributed by atoms with Crippen LogP contribution in [0, 0.1) is 0 Å². The van der Waals surface area contributed by atoms with Gasteiger partial charge in [-0.15, -0.1) is 0 Å². The highest BCUT2D eigenvalue weighted by Gasteiger charge is 2.18. The molecule has 0 fully saturated rings. The Hall–Kier alpha value is -1.45. The van der Waals surface area contributed by atoms with Crippen LogP contribution in [0.3, 0.4) is 0 Å². The summed E-state index contributed by atoms with van der Waals surface area (Å²) in [6.45, 7) is 5.16. The van der Waals surface area contributed by atoms with Gasteiger partial charge in [0.15, 0.2) is 0 Å². The highest BCUT2D eigenvalue weighted by Crippen LogP contribution is 2.33. The molecule has 1 aromatic carbocycles. The van der Waals surface area contributed by atoms with E-state index in [1.54, 1.807) is 6.07 Å². The van der Waals surface area contributed by atoms with E-state index in [2.05, 4.69) is 34.9 Å². The molecule has 0 saturated heterocycles. The number of aromatic nitrogens is 2. The second-order valence-corrected chi connectivity index (χ2v) is 5.92. The lowest BCUT2D eigenvalue weighted by Gasteiger charge is -2.26. The average molecular weight is 308 g/mol. The summed E-state index contributed by atoms with van der Waals surface area (Å²) in [6, 6.07) is 6.03. The van der Waals surface area contributed by atoms with Crippen molar-refractivity contribution in [3.05, 3.63) is 45.8 Å².